The molecule has 2 rings (SSSR count). The fourth-order valence-electron chi connectivity index (χ4n) is 3.04. The highest BCUT2D eigenvalue weighted by Crippen LogP contribution is 2.44. The van der Waals surface area contributed by atoms with Crippen molar-refractivity contribution >= 4 is 17.3 Å². The van der Waals surface area contributed by atoms with E-state index < -0.39 is 11.6 Å². The molecule has 0 saturated carbocycles. The van der Waals surface area contributed by atoms with Crippen molar-refractivity contribution in [2.45, 2.75) is 59.8 Å². The second-order valence-electron chi connectivity index (χ2n) is 6.14. The van der Waals surface area contributed by atoms with Gasteiger partial charge in [0.05, 0.1) is 0 Å². The van der Waals surface area contributed by atoms with Gasteiger partial charge < -0.3 is 10.6 Å². The zero-order valence-electron chi connectivity index (χ0n) is 15.8. The summed E-state index contributed by atoms with van der Waals surface area (Å²) in [6.45, 7) is 12.4. The van der Waals surface area contributed by atoms with Gasteiger partial charge in [0.2, 0.25) is 11.6 Å². The molecule has 1 heterocycles. The van der Waals surface area contributed by atoms with Gasteiger partial charge in [0.1, 0.15) is 5.70 Å². The normalized spacial score (nSPS) is 19.4. The Hall–Kier alpha value is -2.10. The molecule has 0 bridgehead atoms. The zero-order chi connectivity index (χ0) is 18.5. The Labute approximate surface area is 145 Å². The lowest BCUT2D eigenvalue weighted by Gasteiger charge is -2.25. The quantitative estimate of drug-likeness (QED) is 0.660. The molecule has 0 spiro atoms. The van der Waals surface area contributed by atoms with Crippen LogP contribution in [-0.4, -0.2) is 18.1 Å². The molecule has 0 fully saturated rings. The van der Waals surface area contributed by atoms with Crippen LogP contribution in [0.25, 0.3) is 0 Å². The molecule has 24 heavy (non-hydrogen) atoms. The average molecular weight is 330 g/mol. The van der Waals surface area contributed by atoms with Crippen LogP contribution in [0.5, 0.6) is 0 Å². The molecule has 0 saturated heterocycles. The van der Waals surface area contributed by atoms with E-state index in [2.05, 4.69) is 39.0 Å². The molecular formula is C20H30N2O2. The van der Waals surface area contributed by atoms with Crippen molar-refractivity contribution in [2.75, 3.05) is 11.4 Å². The van der Waals surface area contributed by atoms with Crippen LogP contribution in [0.2, 0.25) is 0 Å². The number of fused-ring (bicyclic) bond motifs is 1. The summed E-state index contributed by atoms with van der Waals surface area (Å²) in [7, 11) is 0. The number of Topliss-reactive ketones (excluding diaryl/α,β-unsaturated/α-hetero) is 2. The van der Waals surface area contributed by atoms with E-state index >= 15 is 0 Å². The number of carbonyl (C=O) groups is 2. The largest absolute Gasteiger partial charge is 0.403 e. The van der Waals surface area contributed by atoms with Gasteiger partial charge in [0.15, 0.2) is 0 Å². The van der Waals surface area contributed by atoms with Crippen molar-refractivity contribution in [1.82, 2.24) is 0 Å². The summed E-state index contributed by atoms with van der Waals surface area (Å²) in [5.74, 6) is -1.02. The summed E-state index contributed by atoms with van der Waals surface area (Å²) < 4.78 is 0. The maximum absolute atomic E-state index is 12.2. The van der Waals surface area contributed by atoms with E-state index in [-0.39, 0.29) is 11.1 Å². The predicted octanol–water partition coefficient (Wildman–Crippen LogP) is 3.72. The summed E-state index contributed by atoms with van der Waals surface area (Å²) in [4.78, 5) is 25.6. The SMILES string of the molecule is CC.CCc1ccc2c(c1)N(/C(=C\N)C(=O)C(C)=O)CC2(C)CC. The minimum Gasteiger partial charge on any atom is -0.403 e. The molecule has 1 aromatic rings. The number of benzene rings is 1. The van der Waals surface area contributed by atoms with Gasteiger partial charge in [-0.25, -0.2) is 0 Å². The number of nitrogens with two attached hydrogens (primary N) is 1. The maximum Gasteiger partial charge on any atom is 0.246 e. The van der Waals surface area contributed by atoms with Crippen molar-refractivity contribution in [2.24, 2.45) is 5.73 Å². The van der Waals surface area contributed by atoms with E-state index in [1.54, 1.807) is 0 Å². The number of nitrogens with zero attached hydrogens (tertiary/aromatic N) is 1. The van der Waals surface area contributed by atoms with Crippen LogP contribution in [0, 0.1) is 0 Å². The Kier molecular flexibility index (Phi) is 6.76. The molecule has 1 aliphatic rings. The van der Waals surface area contributed by atoms with Crippen molar-refractivity contribution in [3.05, 3.63) is 41.2 Å². The van der Waals surface area contributed by atoms with Crippen LogP contribution >= 0.6 is 0 Å². The first-order chi connectivity index (χ1) is 11.4. The molecule has 0 radical (unpaired) electrons. The van der Waals surface area contributed by atoms with Gasteiger partial charge in [0, 0.05) is 30.8 Å². The standard InChI is InChI=1S/C18H24N2O2.C2H6/c1-5-13-7-8-14-15(9-13)20(11-18(14,4)6-2)16(10-19)17(22)12(3)21;1-2/h7-10H,5-6,11,19H2,1-4H3;1-2H3/b16-10-;. The fraction of sp³-hybridized carbons (Fsp3) is 0.500. The van der Waals surface area contributed by atoms with Crippen LogP contribution in [0.4, 0.5) is 5.69 Å². The molecule has 1 aliphatic heterocycles. The molecule has 4 nitrogen and oxygen atoms in total. The Morgan fingerprint density at radius 2 is 1.92 bits per heavy atom. The molecule has 0 aromatic heterocycles. The Morgan fingerprint density at radius 3 is 2.38 bits per heavy atom. The van der Waals surface area contributed by atoms with Crippen LogP contribution in [0.1, 0.15) is 59.1 Å². The smallest absolute Gasteiger partial charge is 0.246 e. The molecule has 0 aliphatic carbocycles. The average Bonchev–Trinajstić information content (AvgIpc) is 2.90. The number of allylic oxidation sites excluding steroid dienone is 1. The van der Waals surface area contributed by atoms with Gasteiger partial charge in [-0.1, -0.05) is 46.8 Å². The number of hydrogen-bond donors (Lipinski definition) is 1. The van der Waals surface area contributed by atoms with Crippen molar-refractivity contribution in [1.29, 1.82) is 0 Å². The number of carbonyl (C=O) groups excluding carboxylic acids is 2. The lowest BCUT2D eigenvalue weighted by molar-refractivity contribution is -0.133. The topological polar surface area (TPSA) is 63.4 Å². The van der Waals surface area contributed by atoms with E-state index in [1.165, 1.54) is 24.3 Å². The summed E-state index contributed by atoms with van der Waals surface area (Å²) in [5, 5.41) is 0. The van der Waals surface area contributed by atoms with E-state index in [0.29, 0.717) is 6.54 Å². The van der Waals surface area contributed by atoms with E-state index in [0.717, 1.165) is 18.5 Å². The Balaban J connectivity index is 0.00000139. The first-order valence-electron chi connectivity index (χ1n) is 8.76. The minimum atomic E-state index is -0.532. The number of aryl methyl sites for hydroxylation is 1. The summed E-state index contributed by atoms with van der Waals surface area (Å²) in [6.07, 6.45) is 3.13. The molecule has 132 valence electrons. The lowest BCUT2D eigenvalue weighted by atomic mass is 9.82. The first-order valence-corrected chi connectivity index (χ1v) is 8.76. The summed E-state index contributed by atoms with van der Waals surface area (Å²) in [5.41, 5.74) is 9.31. The van der Waals surface area contributed by atoms with Gasteiger partial charge in [-0.2, -0.15) is 0 Å². The fourth-order valence-corrected chi connectivity index (χ4v) is 3.04. The number of anilines is 1. The van der Waals surface area contributed by atoms with Crippen molar-refractivity contribution in [3.8, 4) is 0 Å². The van der Waals surface area contributed by atoms with Crippen LogP contribution < -0.4 is 10.6 Å². The van der Waals surface area contributed by atoms with Crippen LogP contribution in [0.15, 0.2) is 30.1 Å². The molecule has 1 atom stereocenters. The van der Waals surface area contributed by atoms with E-state index in [4.69, 9.17) is 5.73 Å². The molecule has 1 aromatic carbocycles. The maximum atomic E-state index is 12.2. The first kappa shape index (κ1) is 19.9. The highest BCUT2D eigenvalue weighted by molar-refractivity contribution is 6.43. The number of rotatable bonds is 5. The van der Waals surface area contributed by atoms with Gasteiger partial charge >= 0.3 is 0 Å². The summed E-state index contributed by atoms with van der Waals surface area (Å²) >= 11 is 0. The molecule has 2 N–H and O–H groups in total. The summed E-state index contributed by atoms with van der Waals surface area (Å²) in [6, 6.07) is 6.38. The predicted molar refractivity (Wildman–Crippen MR) is 100 cm³/mol. The van der Waals surface area contributed by atoms with Gasteiger partial charge in [-0.3, -0.25) is 9.59 Å². The Bertz CT molecular complexity index is 649. The molecule has 1 unspecified atom stereocenters. The van der Waals surface area contributed by atoms with Crippen molar-refractivity contribution < 1.29 is 9.59 Å². The molecular weight excluding hydrogens is 300 g/mol. The second-order valence-corrected chi connectivity index (χ2v) is 6.14. The van der Waals surface area contributed by atoms with Crippen molar-refractivity contribution in [3.63, 3.8) is 0 Å². The van der Waals surface area contributed by atoms with Gasteiger partial charge in [-0.05, 0) is 30.0 Å². The lowest BCUT2D eigenvalue weighted by Crippen LogP contribution is -2.34. The van der Waals surface area contributed by atoms with Crippen LogP contribution in [0.3, 0.4) is 0 Å². The number of ketones is 2. The van der Waals surface area contributed by atoms with Crippen LogP contribution in [-0.2, 0) is 21.4 Å². The minimum absolute atomic E-state index is 0.0487. The molecule has 4 heteroatoms. The third kappa shape index (κ3) is 3.53. The third-order valence-electron chi connectivity index (χ3n) is 4.70. The van der Waals surface area contributed by atoms with Gasteiger partial charge in [-0.15, -0.1) is 0 Å². The highest BCUT2D eigenvalue weighted by Gasteiger charge is 2.40. The second kappa shape index (κ2) is 8.13. The third-order valence-corrected chi connectivity index (χ3v) is 4.70. The number of hydrogen-bond acceptors (Lipinski definition) is 4. The van der Waals surface area contributed by atoms with E-state index in [9.17, 15) is 9.59 Å². The van der Waals surface area contributed by atoms with Gasteiger partial charge in [0.25, 0.3) is 0 Å². The molecule has 0 amide bonds. The van der Waals surface area contributed by atoms with E-state index in [1.807, 2.05) is 18.7 Å². The zero-order valence-corrected chi connectivity index (χ0v) is 15.8. The monoisotopic (exact) mass is 330 g/mol. The highest BCUT2D eigenvalue weighted by atomic mass is 16.2. The Morgan fingerprint density at radius 1 is 1.29 bits per heavy atom.